The first-order valence-electron chi connectivity index (χ1n) is 8.09. The van der Waals surface area contributed by atoms with Gasteiger partial charge in [-0.05, 0) is 44.1 Å². The Balaban J connectivity index is 1.76. The Kier molecular flexibility index (Phi) is 6.24. The number of benzene rings is 1. The zero-order valence-electron chi connectivity index (χ0n) is 12.9. The molecule has 1 aromatic rings. The fourth-order valence-electron chi connectivity index (χ4n) is 3.11. The quantitative estimate of drug-likeness (QED) is 0.838. The second-order valence-electron chi connectivity index (χ2n) is 6.33. The summed E-state index contributed by atoms with van der Waals surface area (Å²) in [7, 11) is -3.13. The number of aryl methyl sites for hydroxylation is 1. The third-order valence-electron chi connectivity index (χ3n) is 4.27. The van der Waals surface area contributed by atoms with Crippen LogP contribution in [0.15, 0.2) is 30.3 Å². The van der Waals surface area contributed by atoms with Gasteiger partial charge in [-0.1, -0.05) is 49.6 Å². The maximum absolute atomic E-state index is 12.2. The van der Waals surface area contributed by atoms with Crippen molar-refractivity contribution in [3.05, 3.63) is 35.9 Å². The molecule has 118 valence electrons. The summed E-state index contributed by atoms with van der Waals surface area (Å²) < 4.78 is 27.3. The van der Waals surface area contributed by atoms with Gasteiger partial charge in [-0.3, -0.25) is 0 Å². The first-order chi connectivity index (χ1) is 10.1. The Morgan fingerprint density at radius 3 is 2.48 bits per heavy atom. The van der Waals surface area contributed by atoms with Crippen LogP contribution in [0.3, 0.4) is 0 Å². The van der Waals surface area contributed by atoms with E-state index < -0.39 is 10.0 Å². The van der Waals surface area contributed by atoms with Crippen LogP contribution in [0.4, 0.5) is 0 Å². The minimum atomic E-state index is -3.13. The summed E-state index contributed by atoms with van der Waals surface area (Å²) in [5.41, 5.74) is 1.26. The molecule has 4 heteroatoms. The molecule has 0 spiro atoms. The van der Waals surface area contributed by atoms with Gasteiger partial charge in [0.25, 0.3) is 0 Å². The molecule has 3 nitrogen and oxygen atoms in total. The van der Waals surface area contributed by atoms with E-state index in [4.69, 9.17) is 0 Å². The zero-order valence-corrected chi connectivity index (χ0v) is 13.7. The number of sulfonamides is 1. The lowest BCUT2D eigenvalue weighted by Gasteiger charge is -2.22. The smallest absolute Gasteiger partial charge is 0.212 e. The molecule has 1 atom stereocenters. The van der Waals surface area contributed by atoms with E-state index in [1.54, 1.807) is 0 Å². The number of nitrogens with one attached hydrogen (secondary N) is 1. The van der Waals surface area contributed by atoms with Gasteiger partial charge in [0.1, 0.15) is 0 Å². The van der Waals surface area contributed by atoms with E-state index in [1.807, 2.05) is 25.1 Å². The molecule has 0 unspecified atom stereocenters. The summed E-state index contributed by atoms with van der Waals surface area (Å²) in [5.74, 6) is 0.667. The molecule has 0 aliphatic heterocycles. The molecule has 1 N–H and O–H groups in total. The van der Waals surface area contributed by atoms with Crippen molar-refractivity contribution in [3.8, 4) is 0 Å². The van der Waals surface area contributed by atoms with E-state index in [-0.39, 0.29) is 6.04 Å². The highest BCUT2D eigenvalue weighted by Crippen LogP contribution is 2.24. The minimum absolute atomic E-state index is 0.00111. The van der Waals surface area contributed by atoms with Crippen molar-refractivity contribution in [3.63, 3.8) is 0 Å². The predicted molar refractivity (Wildman–Crippen MR) is 87.7 cm³/mol. The lowest BCUT2D eigenvalue weighted by atomic mass is 9.91. The minimum Gasteiger partial charge on any atom is -0.212 e. The van der Waals surface area contributed by atoms with Gasteiger partial charge in [-0.2, -0.15) is 0 Å². The summed E-state index contributed by atoms with van der Waals surface area (Å²) in [6.07, 6.45) is 7.52. The van der Waals surface area contributed by atoms with Crippen molar-refractivity contribution in [2.75, 3.05) is 5.75 Å². The molecule has 21 heavy (non-hydrogen) atoms. The van der Waals surface area contributed by atoms with E-state index in [2.05, 4.69) is 16.9 Å². The Bertz CT molecular complexity index is 507. The highest BCUT2D eigenvalue weighted by atomic mass is 32.2. The molecule has 1 fully saturated rings. The largest absolute Gasteiger partial charge is 0.212 e. The molecule has 0 radical (unpaired) electrons. The highest BCUT2D eigenvalue weighted by Gasteiger charge is 2.22. The van der Waals surface area contributed by atoms with E-state index in [9.17, 15) is 8.42 Å². The summed E-state index contributed by atoms with van der Waals surface area (Å²) >= 11 is 0. The number of rotatable bonds is 7. The molecule has 1 aliphatic rings. The maximum atomic E-state index is 12.2. The van der Waals surface area contributed by atoms with E-state index in [1.165, 1.54) is 24.8 Å². The lowest BCUT2D eigenvalue weighted by molar-refractivity contribution is 0.383. The molecule has 0 saturated heterocycles. The molecule has 0 bridgehead atoms. The topological polar surface area (TPSA) is 46.2 Å². The monoisotopic (exact) mass is 309 g/mol. The fourth-order valence-corrected chi connectivity index (χ4v) is 4.89. The first-order valence-corrected chi connectivity index (χ1v) is 9.74. The summed E-state index contributed by atoms with van der Waals surface area (Å²) in [5, 5.41) is 0. The van der Waals surface area contributed by atoms with Gasteiger partial charge >= 0.3 is 0 Å². The van der Waals surface area contributed by atoms with Gasteiger partial charge < -0.3 is 0 Å². The Hall–Kier alpha value is -0.870. The molecular formula is C17H27NO2S. The number of hydrogen-bond donors (Lipinski definition) is 1. The summed E-state index contributed by atoms with van der Waals surface area (Å²) in [4.78, 5) is 0. The molecule has 2 rings (SSSR count). The summed E-state index contributed by atoms with van der Waals surface area (Å²) in [6, 6.07) is 10.2. The van der Waals surface area contributed by atoms with Crippen LogP contribution in [0.5, 0.6) is 0 Å². The van der Waals surface area contributed by atoms with Gasteiger partial charge in [0.05, 0.1) is 5.75 Å². The van der Waals surface area contributed by atoms with Crippen molar-refractivity contribution in [1.29, 1.82) is 0 Å². The SMILES string of the molecule is C[C@@H](CCc1ccccc1)NS(=O)(=O)CC1CCCCC1. The molecule has 1 aliphatic carbocycles. The maximum Gasteiger partial charge on any atom is 0.212 e. The van der Waals surface area contributed by atoms with Gasteiger partial charge in [0, 0.05) is 6.04 Å². The average Bonchev–Trinajstić information content (AvgIpc) is 2.46. The average molecular weight is 309 g/mol. The summed E-state index contributed by atoms with van der Waals surface area (Å²) in [6.45, 7) is 1.96. The third-order valence-corrected chi connectivity index (χ3v) is 5.94. The Morgan fingerprint density at radius 1 is 1.14 bits per heavy atom. The van der Waals surface area contributed by atoms with Gasteiger partial charge in [-0.15, -0.1) is 0 Å². The Labute approximate surface area is 129 Å². The van der Waals surface area contributed by atoms with Crippen LogP contribution in [0.1, 0.15) is 51.0 Å². The van der Waals surface area contributed by atoms with Crippen LogP contribution in [0.2, 0.25) is 0 Å². The van der Waals surface area contributed by atoms with E-state index in [0.717, 1.165) is 25.7 Å². The van der Waals surface area contributed by atoms with Crippen molar-refractivity contribution >= 4 is 10.0 Å². The molecular weight excluding hydrogens is 282 g/mol. The molecule has 0 amide bonds. The first kappa shape index (κ1) is 16.5. The molecule has 1 saturated carbocycles. The Morgan fingerprint density at radius 2 is 1.81 bits per heavy atom. The van der Waals surface area contributed by atoms with Crippen LogP contribution >= 0.6 is 0 Å². The van der Waals surface area contributed by atoms with Crippen molar-refractivity contribution < 1.29 is 8.42 Å². The van der Waals surface area contributed by atoms with Gasteiger partial charge in [0.15, 0.2) is 0 Å². The standard InChI is InChI=1S/C17H27NO2S/c1-15(12-13-16-8-4-2-5-9-16)18-21(19,20)14-17-10-6-3-7-11-17/h2,4-5,8-9,15,17-18H,3,6-7,10-14H2,1H3/t15-/m0/s1. The third kappa shape index (κ3) is 6.18. The van der Waals surface area contributed by atoms with Crippen LogP contribution in [-0.4, -0.2) is 20.2 Å². The van der Waals surface area contributed by atoms with Crippen molar-refractivity contribution in [1.82, 2.24) is 4.72 Å². The molecule has 1 aromatic carbocycles. The lowest BCUT2D eigenvalue weighted by Crippen LogP contribution is -2.37. The second-order valence-corrected chi connectivity index (χ2v) is 8.13. The van der Waals surface area contributed by atoms with Crippen LogP contribution in [0.25, 0.3) is 0 Å². The van der Waals surface area contributed by atoms with Crippen molar-refractivity contribution in [2.45, 2.75) is 57.9 Å². The molecule has 0 aromatic heterocycles. The predicted octanol–water partition coefficient (Wildman–Crippen LogP) is 3.51. The van der Waals surface area contributed by atoms with E-state index in [0.29, 0.717) is 11.7 Å². The highest BCUT2D eigenvalue weighted by molar-refractivity contribution is 7.89. The normalized spacial score (nSPS) is 18.5. The fraction of sp³-hybridized carbons (Fsp3) is 0.647. The van der Waals surface area contributed by atoms with E-state index >= 15 is 0 Å². The molecule has 0 heterocycles. The number of hydrogen-bond acceptors (Lipinski definition) is 2. The van der Waals surface area contributed by atoms with Crippen molar-refractivity contribution in [2.24, 2.45) is 5.92 Å². The second kappa shape index (κ2) is 7.95. The van der Waals surface area contributed by atoms with Crippen LogP contribution < -0.4 is 4.72 Å². The zero-order chi connectivity index (χ0) is 15.1. The van der Waals surface area contributed by atoms with Crippen LogP contribution in [0, 0.1) is 5.92 Å². The van der Waals surface area contributed by atoms with Gasteiger partial charge in [0.2, 0.25) is 10.0 Å². The van der Waals surface area contributed by atoms with Crippen LogP contribution in [-0.2, 0) is 16.4 Å². The van der Waals surface area contributed by atoms with Gasteiger partial charge in [-0.25, -0.2) is 13.1 Å².